The van der Waals surface area contributed by atoms with Crippen molar-refractivity contribution in [3.05, 3.63) is 75.4 Å². The van der Waals surface area contributed by atoms with E-state index in [2.05, 4.69) is 11.9 Å². The Hall–Kier alpha value is -2.96. The van der Waals surface area contributed by atoms with Gasteiger partial charge in [-0.15, -0.1) is 0 Å². The number of rotatable bonds is 7. The first-order chi connectivity index (χ1) is 15.3. The summed E-state index contributed by atoms with van der Waals surface area (Å²) in [7, 11) is 3.07. The fraction of sp³-hybridized carbons (Fsp3) is 0.250. The lowest BCUT2D eigenvalue weighted by atomic mass is 9.80. The molecule has 1 unspecified atom stereocenters. The van der Waals surface area contributed by atoms with Gasteiger partial charge in [0.25, 0.3) is 0 Å². The van der Waals surface area contributed by atoms with E-state index >= 15 is 0 Å². The highest BCUT2D eigenvalue weighted by molar-refractivity contribution is 6.38. The van der Waals surface area contributed by atoms with Gasteiger partial charge in [-0.05, 0) is 42.9 Å². The van der Waals surface area contributed by atoms with Crippen LogP contribution in [0.3, 0.4) is 0 Å². The van der Waals surface area contributed by atoms with Crippen LogP contribution in [-0.4, -0.2) is 25.8 Å². The van der Waals surface area contributed by atoms with Crippen LogP contribution in [0.25, 0.3) is 0 Å². The number of carbonyl (C=O) groups is 1. The first-order valence-electron chi connectivity index (χ1n) is 10.0. The van der Waals surface area contributed by atoms with Gasteiger partial charge in [0.1, 0.15) is 11.5 Å². The topological polar surface area (TPSA) is 97.4 Å². The highest BCUT2D eigenvalue weighted by Crippen LogP contribution is 2.48. The molecule has 1 atom stereocenters. The van der Waals surface area contributed by atoms with Gasteiger partial charge in [-0.25, -0.2) is 0 Å². The Morgan fingerprint density at radius 2 is 1.84 bits per heavy atom. The standard InChI is InChI=1S/C24H25Cl2N3O3/c1-4-20(30)29-17-8-6-5-7-15(17)24(28)14-10-9-13(11-16(14)27)21-22(25)18(31-2)12-19(32-3)23(21)26/h4-8,12-13,28H,1,9-11,27H2,2-3H3,(H,29,30). The number of nitrogens with two attached hydrogens (primary N) is 1. The van der Waals surface area contributed by atoms with Crippen molar-refractivity contribution in [1.29, 1.82) is 5.41 Å². The summed E-state index contributed by atoms with van der Waals surface area (Å²) in [5.74, 6) is 0.574. The molecule has 0 heterocycles. The molecule has 0 bridgehead atoms. The third-order valence-corrected chi connectivity index (χ3v) is 6.33. The number of hydrogen-bond acceptors (Lipinski definition) is 5. The highest BCUT2D eigenvalue weighted by atomic mass is 35.5. The molecule has 0 saturated heterocycles. The van der Waals surface area contributed by atoms with Gasteiger partial charge in [-0.2, -0.15) is 0 Å². The van der Waals surface area contributed by atoms with E-state index in [0.29, 0.717) is 57.8 Å². The third-order valence-electron chi connectivity index (χ3n) is 5.55. The van der Waals surface area contributed by atoms with Gasteiger partial charge in [0, 0.05) is 22.9 Å². The van der Waals surface area contributed by atoms with Crippen LogP contribution in [0.15, 0.2) is 54.3 Å². The van der Waals surface area contributed by atoms with E-state index in [-0.39, 0.29) is 17.5 Å². The number of amides is 1. The van der Waals surface area contributed by atoms with Gasteiger partial charge in [0.15, 0.2) is 0 Å². The molecule has 168 valence electrons. The molecule has 8 heteroatoms. The molecule has 32 heavy (non-hydrogen) atoms. The molecular formula is C24H25Cl2N3O3. The van der Waals surface area contributed by atoms with Crippen LogP contribution in [0, 0.1) is 5.41 Å². The number of methoxy groups -OCH3 is 2. The maximum absolute atomic E-state index is 11.8. The van der Waals surface area contributed by atoms with Crippen molar-refractivity contribution < 1.29 is 14.3 Å². The number of ether oxygens (including phenoxy) is 2. The molecule has 4 N–H and O–H groups in total. The summed E-state index contributed by atoms with van der Waals surface area (Å²) < 4.78 is 10.8. The fourth-order valence-electron chi connectivity index (χ4n) is 3.92. The monoisotopic (exact) mass is 473 g/mol. The zero-order valence-corrected chi connectivity index (χ0v) is 19.4. The summed E-state index contributed by atoms with van der Waals surface area (Å²) in [6.07, 6.45) is 2.92. The number of para-hydroxylation sites is 1. The highest BCUT2D eigenvalue weighted by Gasteiger charge is 2.30. The van der Waals surface area contributed by atoms with E-state index in [1.54, 1.807) is 24.3 Å². The number of anilines is 1. The van der Waals surface area contributed by atoms with Crippen LogP contribution >= 0.6 is 23.2 Å². The molecule has 6 nitrogen and oxygen atoms in total. The van der Waals surface area contributed by atoms with Gasteiger partial charge in [-0.1, -0.05) is 48.0 Å². The maximum atomic E-state index is 11.8. The number of hydrogen-bond donors (Lipinski definition) is 3. The Morgan fingerprint density at radius 3 is 2.41 bits per heavy atom. The second-order valence-electron chi connectivity index (χ2n) is 7.38. The molecule has 0 spiro atoms. The SMILES string of the molecule is C=CC(=O)Nc1ccccc1C(=N)C1=C(N)CC(c2c(Cl)c(OC)cc(OC)c2Cl)CC1. The predicted molar refractivity (Wildman–Crippen MR) is 129 cm³/mol. The zero-order valence-electron chi connectivity index (χ0n) is 17.9. The Kier molecular flexibility index (Phi) is 7.48. The number of halogens is 2. The lowest BCUT2D eigenvalue weighted by molar-refractivity contribution is -0.111. The largest absolute Gasteiger partial charge is 0.495 e. The van der Waals surface area contributed by atoms with Crippen LogP contribution < -0.4 is 20.5 Å². The maximum Gasteiger partial charge on any atom is 0.247 e. The summed E-state index contributed by atoms with van der Waals surface area (Å²) in [4.78, 5) is 11.8. The molecule has 0 saturated carbocycles. The van der Waals surface area contributed by atoms with E-state index in [4.69, 9.17) is 43.8 Å². The van der Waals surface area contributed by atoms with E-state index in [0.717, 1.165) is 11.1 Å². The lowest BCUT2D eigenvalue weighted by Crippen LogP contribution is -2.21. The molecule has 2 aromatic carbocycles. The fourth-order valence-corrected chi connectivity index (χ4v) is 4.73. The Labute approximate surface area is 197 Å². The van der Waals surface area contributed by atoms with E-state index in [1.807, 2.05) is 6.07 Å². The Bertz CT molecular complexity index is 1080. The minimum Gasteiger partial charge on any atom is -0.495 e. The molecule has 1 amide bonds. The Morgan fingerprint density at radius 1 is 1.22 bits per heavy atom. The summed E-state index contributed by atoms with van der Waals surface area (Å²) in [5, 5.41) is 12.4. The minimum atomic E-state index is -0.341. The average molecular weight is 474 g/mol. The number of benzene rings is 2. The van der Waals surface area contributed by atoms with Crippen molar-refractivity contribution in [2.45, 2.75) is 25.2 Å². The van der Waals surface area contributed by atoms with Crippen LogP contribution in [0.4, 0.5) is 5.69 Å². The molecule has 0 aromatic heterocycles. The van der Waals surface area contributed by atoms with Crippen molar-refractivity contribution >= 4 is 40.5 Å². The first-order valence-corrected chi connectivity index (χ1v) is 10.8. The molecule has 0 fully saturated rings. The second-order valence-corrected chi connectivity index (χ2v) is 8.14. The zero-order chi connectivity index (χ0) is 23.4. The van der Waals surface area contributed by atoms with Gasteiger partial charge in [0.2, 0.25) is 5.91 Å². The number of allylic oxidation sites excluding steroid dienone is 2. The van der Waals surface area contributed by atoms with Gasteiger partial charge < -0.3 is 20.5 Å². The van der Waals surface area contributed by atoms with Crippen LogP contribution in [0.5, 0.6) is 11.5 Å². The van der Waals surface area contributed by atoms with Crippen molar-refractivity contribution in [2.75, 3.05) is 19.5 Å². The molecule has 3 rings (SSSR count). The second kappa shape index (κ2) is 10.1. The van der Waals surface area contributed by atoms with Crippen molar-refractivity contribution in [2.24, 2.45) is 5.73 Å². The predicted octanol–water partition coefficient (Wildman–Crippen LogP) is 5.68. The quantitative estimate of drug-likeness (QED) is 0.355. The summed E-state index contributed by atoms with van der Waals surface area (Å²) in [6.45, 7) is 3.47. The average Bonchev–Trinajstić information content (AvgIpc) is 2.79. The third kappa shape index (κ3) is 4.61. The normalized spacial score (nSPS) is 15.8. The van der Waals surface area contributed by atoms with Gasteiger partial charge in [-0.3, -0.25) is 10.2 Å². The summed E-state index contributed by atoms with van der Waals surface area (Å²) in [5.41, 5.74) is 9.92. The first kappa shape index (κ1) is 23.7. The lowest BCUT2D eigenvalue weighted by Gasteiger charge is -2.28. The molecule has 2 aromatic rings. The Balaban J connectivity index is 1.94. The van der Waals surface area contributed by atoms with Gasteiger partial charge >= 0.3 is 0 Å². The van der Waals surface area contributed by atoms with Crippen LogP contribution in [-0.2, 0) is 4.79 Å². The van der Waals surface area contributed by atoms with Crippen molar-refractivity contribution in [1.82, 2.24) is 0 Å². The van der Waals surface area contributed by atoms with Crippen LogP contribution in [0.1, 0.15) is 36.3 Å². The van der Waals surface area contributed by atoms with Gasteiger partial charge in [0.05, 0.1) is 35.7 Å². The molecule has 1 aliphatic rings. The molecule has 1 aliphatic carbocycles. The molecule has 0 radical (unpaired) electrons. The van der Waals surface area contributed by atoms with Crippen molar-refractivity contribution in [3.8, 4) is 11.5 Å². The van der Waals surface area contributed by atoms with E-state index in [9.17, 15) is 4.79 Å². The smallest absolute Gasteiger partial charge is 0.247 e. The van der Waals surface area contributed by atoms with E-state index in [1.165, 1.54) is 20.3 Å². The van der Waals surface area contributed by atoms with Crippen LogP contribution in [0.2, 0.25) is 10.0 Å². The molecular weight excluding hydrogens is 449 g/mol. The van der Waals surface area contributed by atoms with E-state index < -0.39 is 0 Å². The molecule has 0 aliphatic heterocycles. The number of nitrogens with one attached hydrogen (secondary N) is 2. The summed E-state index contributed by atoms with van der Waals surface area (Å²) in [6, 6.07) is 8.80. The minimum absolute atomic E-state index is 0.0498. The van der Waals surface area contributed by atoms with Crippen molar-refractivity contribution in [3.63, 3.8) is 0 Å². The number of carbonyl (C=O) groups excluding carboxylic acids is 1. The summed E-state index contributed by atoms with van der Waals surface area (Å²) >= 11 is 13.2.